The Labute approximate surface area is 124 Å². The summed E-state index contributed by atoms with van der Waals surface area (Å²) < 4.78 is 5.76. The van der Waals surface area contributed by atoms with Crippen molar-refractivity contribution in [1.82, 2.24) is 9.97 Å². The first-order valence-electron chi connectivity index (χ1n) is 7.20. The summed E-state index contributed by atoms with van der Waals surface area (Å²) in [5.74, 6) is 0. The van der Waals surface area contributed by atoms with E-state index in [1.54, 1.807) is 12.4 Å². The topological polar surface area (TPSA) is 64.3 Å². The summed E-state index contributed by atoms with van der Waals surface area (Å²) in [6.45, 7) is 5.89. The zero-order chi connectivity index (χ0) is 14.8. The Morgan fingerprint density at radius 2 is 2.00 bits per heavy atom. The smallest absolute Gasteiger partial charge is 0.0948 e. The van der Waals surface area contributed by atoms with Gasteiger partial charge in [0.25, 0.3) is 0 Å². The molecule has 0 amide bonds. The molecule has 0 aliphatic carbocycles. The molecule has 21 heavy (non-hydrogen) atoms. The van der Waals surface area contributed by atoms with Crippen molar-refractivity contribution in [3.63, 3.8) is 0 Å². The van der Waals surface area contributed by atoms with Crippen molar-refractivity contribution < 1.29 is 4.74 Å². The van der Waals surface area contributed by atoms with Gasteiger partial charge >= 0.3 is 0 Å². The number of aromatic nitrogens is 2. The van der Waals surface area contributed by atoms with Crippen molar-refractivity contribution in [1.29, 1.82) is 0 Å². The molecule has 0 spiro atoms. The third-order valence-electron chi connectivity index (χ3n) is 3.62. The van der Waals surface area contributed by atoms with Gasteiger partial charge in [0.2, 0.25) is 0 Å². The van der Waals surface area contributed by atoms with Gasteiger partial charge < -0.3 is 15.4 Å². The second-order valence-corrected chi connectivity index (χ2v) is 5.54. The maximum Gasteiger partial charge on any atom is 0.0948 e. The number of hydrogen-bond donors (Lipinski definition) is 1. The maximum atomic E-state index is 6.18. The van der Waals surface area contributed by atoms with Crippen molar-refractivity contribution in [3.05, 3.63) is 36.8 Å². The number of nitrogens with two attached hydrogens (primary N) is 1. The Kier molecular flexibility index (Phi) is 3.75. The molecule has 2 atom stereocenters. The number of hydrogen-bond acceptors (Lipinski definition) is 5. The quantitative estimate of drug-likeness (QED) is 0.917. The molecule has 1 fully saturated rings. The SMILES string of the molecule is C[C@@H]1CN(c2cnc(-c3cccnc3)c(N)c2)C[C@H](C)O1. The molecule has 5 nitrogen and oxygen atoms in total. The number of morpholine rings is 1. The number of nitrogens with zero attached hydrogens (tertiary/aromatic N) is 3. The minimum absolute atomic E-state index is 0.216. The average Bonchev–Trinajstić information content (AvgIpc) is 2.47. The minimum atomic E-state index is 0.216. The van der Waals surface area contributed by atoms with E-state index >= 15 is 0 Å². The highest BCUT2D eigenvalue weighted by Crippen LogP contribution is 2.28. The monoisotopic (exact) mass is 284 g/mol. The van der Waals surface area contributed by atoms with Crippen LogP contribution >= 0.6 is 0 Å². The summed E-state index contributed by atoms with van der Waals surface area (Å²) in [6.07, 6.45) is 5.83. The Balaban J connectivity index is 1.88. The highest BCUT2D eigenvalue weighted by molar-refractivity contribution is 5.74. The molecule has 2 aromatic heterocycles. The van der Waals surface area contributed by atoms with E-state index in [1.807, 2.05) is 24.4 Å². The summed E-state index contributed by atoms with van der Waals surface area (Å²) in [4.78, 5) is 10.9. The van der Waals surface area contributed by atoms with E-state index in [1.165, 1.54) is 0 Å². The van der Waals surface area contributed by atoms with Gasteiger partial charge in [-0.25, -0.2) is 0 Å². The third-order valence-corrected chi connectivity index (χ3v) is 3.62. The van der Waals surface area contributed by atoms with E-state index in [9.17, 15) is 0 Å². The molecule has 2 N–H and O–H groups in total. The van der Waals surface area contributed by atoms with Gasteiger partial charge in [0.05, 0.1) is 35.5 Å². The van der Waals surface area contributed by atoms with Crippen LogP contribution in [0, 0.1) is 0 Å². The first-order chi connectivity index (χ1) is 10.1. The zero-order valence-corrected chi connectivity index (χ0v) is 12.4. The lowest BCUT2D eigenvalue weighted by Crippen LogP contribution is -2.45. The van der Waals surface area contributed by atoms with Gasteiger partial charge in [-0.3, -0.25) is 9.97 Å². The number of rotatable bonds is 2. The van der Waals surface area contributed by atoms with Gasteiger partial charge in [0.1, 0.15) is 0 Å². The third kappa shape index (κ3) is 2.97. The Morgan fingerprint density at radius 3 is 2.62 bits per heavy atom. The van der Waals surface area contributed by atoms with E-state index in [0.717, 1.165) is 30.0 Å². The summed E-state index contributed by atoms with van der Waals surface area (Å²) in [5.41, 5.74) is 9.61. The van der Waals surface area contributed by atoms with Crippen molar-refractivity contribution in [3.8, 4) is 11.3 Å². The second-order valence-electron chi connectivity index (χ2n) is 5.54. The molecule has 1 aliphatic rings. The zero-order valence-electron chi connectivity index (χ0n) is 12.4. The Hall–Kier alpha value is -2.14. The summed E-state index contributed by atoms with van der Waals surface area (Å²) in [6, 6.07) is 5.83. The fourth-order valence-electron chi connectivity index (χ4n) is 2.78. The molecule has 110 valence electrons. The molecule has 0 unspecified atom stereocenters. The molecule has 0 aromatic carbocycles. The lowest BCUT2D eigenvalue weighted by molar-refractivity contribution is -0.00522. The second kappa shape index (κ2) is 5.69. The van der Waals surface area contributed by atoms with Crippen LogP contribution in [0.1, 0.15) is 13.8 Å². The number of ether oxygens (including phenoxy) is 1. The predicted molar refractivity (Wildman–Crippen MR) is 84.1 cm³/mol. The lowest BCUT2D eigenvalue weighted by atomic mass is 10.1. The number of pyridine rings is 2. The molecule has 0 saturated carbocycles. The van der Waals surface area contributed by atoms with E-state index in [2.05, 4.69) is 28.7 Å². The first kappa shape index (κ1) is 13.8. The van der Waals surface area contributed by atoms with E-state index in [0.29, 0.717) is 5.69 Å². The maximum absolute atomic E-state index is 6.18. The van der Waals surface area contributed by atoms with Crippen molar-refractivity contribution in [2.24, 2.45) is 0 Å². The highest BCUT2D eigenvalue weighted by Gasteiger charge is 2.23. The average molecular weight is 284 g/mol. The van der Waals surface area contributed by atoms with Crippen molar-refractivity contribution in [2.45, 2.75) is 26.1 Å². The predicted octanol–water partition coefficient (Wildman–Crippen LogP) is 2.34. The fraction of sp³-hybridized carbons (Fsp3) is 0.375. The van der Waals surface area contributed by atoms with Crippen LogP contribution in [0.15, 0.2) is 36.8 Å². The molecular weight excluding hydrogens is 264 g/mol. The molecule has 1 aliphatic heterocycles. The van der Waals surface area contributed by atoms with Gasteiger partial charge in [0.15, 0.2) is 0 Å². The van der Waals surface area contributed by atoms with Crippen LogP contribution in [0.25, 0.3) is 11.3 Å². The van der Waals surface area contributed by atoms with Crippen LogP contribution < -0.4 is 10.6 Å². The van der Waals surface area contributed by atoms with E-state index in [-0.39, 0.29) is 12.2 Å². The van der Waals surface area contributed by atoms with Crippen LogP contribution in [0.5, 0.6) is 0 Å². The molecule has 1 saturated heterocycles. The van der Waals surface area contributed by atoms with Crippen LogP contribution in [0.3, 0.4) is 0 Å². The van der Waals surface area contributed by atoms with Crippen LogP contribution in [0.4, 0.5) is 11.4 Å². The normalized spacial score (nSPS) is 22.3. The molecular formula is C16H20N4O. The van der Waals surface area contributed by atoms with Crippen molar-refractivity contribution >= 4 is 11.4 Å². The van der Waals surface area contributed by atoms with Gasteiger partial charge in [-0.1, -0.05) is 0 Å². The first-order valence-corrected chi connectivity index (χ1v) is 7.20. The van der Waals surface area contributed by atoms with Gasteiger partial charge in [-0.05, 0) is 32.0 Å². The summed E-state index contributed by atoms with van der Waals surface area (Å²) in [5, 5.41) is 0. The summed E-state index contributed by atoms with van der Waals surface area (Å²) >= 11 is 0. The van der Waals surface area contributed by atoms with Gasteiger partial charge in [-0.15, -0.1) is 0 Å². The molecule has 3 heterocycles. The lowest BCUT2D eigenvalue weighted by Gasteiger charge is -2.36. The number of anilines is 2. The van der Waals surface area contributed by atoms with Gasteiger partial charge in [-0.2, -0.15) is 0 Å². The highest BCUT2D eigenvalue weighted by atomic mass is 16.5. The largest absolute Gasteiger partial charge is 0.397 e. The molecule has 5 heteroatoms. The number of nitrogen functional groups attached to an aromatic ring is 1. The Bertz CT molecular complexity index is 607. The Morgan fingerprint density at radius 1 is 1.24 bits per heavy atom. The standard InChI is InChI=1S/C16H20N4O/c1-11-9-20(10-12(2)21-11)14-6-15(17)16(19-8-14)13-4-3-5-18-7-13/h3-8,11-12H,9-10,17H2,1-2H3/t11-,12+. The van der Waals surface area contributed by atoms with E-state index in [4.69, 9.17) is 10.5 Å². The van der Waals surface area contributed by atoms with Gasteiger partial charge in [0, 0.05) is 31.0 Å². The fourth-order valence-corrected chi connectivity index (χ4v) is 2.78. The minimum Gasteiger partial charge on any atom is -0.397 e. The molecule has 2 aromatic rings. The van der Waals surface area contributed by atoms with Crippen LogP contribution in [-0.2, 0) is 4.74 Å². The van der Waals surface area contributed by atoms with Crippen molar-refractivity contribution in [2.75, 3.05) is 23.7 Å². The van der Waals surface area contributed by atoms with E-state index < -0.39 is 0 Å². The van der Waals surface area contributed by atoms with Crippen LogP contribution in [-0.4, -0.2) is 35.3 Å². The molecule has 0 bridgehead atoms. The summed E-state index contributed by atoms with van der Waals surface area (Å²) in [7, 11) is 0. The molecule has 0 radical (unpaired) electrons. The van der Waals surface area contributed by atoms with Crippen LogP contribution in [0.2, 0.25) is 0 Å². The molecule has 3 rings (SSSR count).